The van der Waals surface area contributed by atoms with Crippen molar-refractivity contribution in [1.29, 1.82) is 0 Å². The number of nitrogens with zero attached hydrogens (tertiary/aromatic N) is 2. The van der Waals surface area contributed by atoms with Crippen molar-refractivity contribution in [2.75, 3.05) is 5.32 Å². The van der Waals surface area contributed by atoms with Gasteiger partial charge in [0, 0.05) is 23.1 Å². The normalized spacial score (nSPS) is 11.4. The highest BCUT2D eigenvalue weighted by Crippen LogP contribution is 2.16. The molecule has 19 heavy (non-hydrogen) atoms. The molecular formula is C14H17N3OS. The lowest BCUT2D eigenvalue weighted by Crippen LogP contribution is -2.14. The molecule has 100 valence electrons. The second-order valence-corrected chi connectivity index (χ2v) is 5.53. The first kappa shape index (κ1) is 13.5. The molecule has 0 spiro atoms. The second kappa shape index (κ2) is 5.84. The van der Waals surface area contributed by atoms with Crippen LogP contribution in [0.2, 0.25) is 0 Å². The molecule has 2 rings (SSSR count). The summed E-state index contributed by atoms with van der Waals surface area (Å²) in [7, 11) is 0. The van der Waals surface area contributed by atoms with Crippen LogP contribution < -0.4 is 5.32 Å². The number of carbonyl (C=O) groups is 1. The van der Waals surface area contributed by atoms with Gasteiger partial charge in [-0.3, -0.25) is 4.79 Å². The van der Waals surface area contributed by atoms with Gasteiger partial charge in [0.1, 0.15) is 5.82 Å². The summed E-state index contributed by atoms with van der Waals surface area (Å²) in [5.74, 6) is 0.587. The molecule has 0 saturated heterocycles. The minimum atomic E-state index is -0.143. The molecule has 0 fully saturated rings. The molecule has 1 amide bonds. The summed E-state index contributed by atoms with van der Waals surface area (Å²) in [4.78, 5) is 12.9. The highest BCUT2D eigenvalue weighted by atomic mass is 32.1. The summed E-state index contributed by atoms with van der Waals surface area (Å²) >= 11 is 1.60. The van der Waals surface area contributed by atoms with Gasteiger partial charge >= 0.3 is 0 Å². The summed E-state index contributed by atoms with van der Waals surface area (Å²) in [5, 5.41) is 9.19. The molecule has 0 bridgehead atoms. The SMILES string of the molecule is Cc1cc(NC(=O)/C=C/c2cccs2)n(C(C)C)n1. The molecule has 1 N–H and O–H groups in total. The Morgan fingerprint density at radius 2 is 2.32 bits per heavy atom. The van der Waals surface area contributed by atoms with Gasteiger partial charge in [0.2, 0.25) is 5.91 Å². The van der Waals surface area contributed by atoms with E-state index in [1.807, 2.05) is 55.1 Å². The minimum Gasteiger partial charge on any atom is -0.307 e. The zero-order valence-corrected chi connectivity index (χ0v) is 12.1. The van der Waals surface area contributed by atoms with Gasteiger partial charge < -0.3 is 5.32 Å². The molecule has 0 aliphatic rings. The average molecular weight is 275 g/mol. The van der Waals surface area contributed by atoms with Crippen LogP contribution in [0.4, 0.5) is 5.82 Å². The Morgan fingerprint density at radius 3 is 2.95 bits per heavy atom. The molecule has 2 aromatic heterocycles. The van der Waals surface area contributed by atoms with Gasteiger partial charge in [-0.2, -0.15) is 5.10 Å². The van der Waals surface area contributed by atoms with Gasteiger partial charge in [-0.1, -0.05) is 6.07 Å². The van der Waals surface area contributed by atoms with Gasteiger partial charge in [-0.25, -0.2) is 4.68 Å². The van der Waals surface area contributed by atoms with Gasteiger partial charge in [0.15, 0.2) is 0 Å². The number of aromatic nitrogens is 2. The van der Waals surface area contributed by atoms with Crippen molar-refractivity contribution in [2.24, 2.45) is 0 Å². The third kappa shape index (κ3) is 3.54. The highest BCUT2D eigenvalue weighted by molar-refractivity contribution is 7.10. The predicted molar refractivity (Wildman–Crippen MR) is 79.3 cm³/mol. The molecule has 4 nitrogen and oxygen atoms in total. The first-order chi connectivity index (χ1) is 9.06. The molecular weight excluding hydrogens is 258 g/mol. The number of rotatable bonds is 4. The highest BCUT2D eigenvalue weighted by Gasteiger charge is 2.09. The first-order valence-corrected chi connectivity index (χ1v) is 7.03. The lowest BCUT2D eigenvalue weighted by atomic mass is 10.4. The summed E-state index contributed by atoms with van der Waals surface area (Å²) in [6, 6.07) is 6.01. The van der Waals surface area contributed by atoms with E-state index in [0.29, 0.717) is 0 Å². The maximum atomic E-state index is 11.9. The number of amides is 1. The standard InChI is InChI=1S/C14H17N3OS/c1-10(2)17-13(9-11(3)16-17)15-14(18)7-6-12-5-4-8-19-12/h4-10H,1-3H3,(H,15,18)/b7-6+. The lowest BCUT2D eigenvalue weighted by molar-refractivity contribution is -0.111. The van der Waals surface area contributed by atoms with Crippen molar-refractivity contribution in [3.8, 4) is 0 Å². The zero-order valence-electron chi connectivity index (χ0n) is 11.3. The van der Waals surface area contributed by atoms with Crippen molar-refractivity contribution in [3.63, 3.8) is 0 Å². The predicted octanol–water partition coefficient (Wildman–Crippen LogP) is 3.49. The van der Waals surface area contributed by atoms with Crippen LogP contribution in [-0.2, 0) is 4.79 Å². The Labute approximate surface area is 116 Å². The number of anilines is 1. The number of hydrogen-bond donors (Lipinski definition) is 1. The Balaban J connectivity index is 2.07. The average Bonchev–Trinajstić information content (AvgIpc) is 2.96. The molecule has 0 unspecified atom stereocenters. The third-order valence-electron chi connectivity index (χ3n) is 2.54. The largest absolute Gasteiger partial charge is 0.307 e. The van der Waals surface area contributed by atoms with E-state index in [0.717, 1.165) is 16.4 Å². The lowest BCUT2D eigenvalue weighted by Gasteiger charge is -2.10. The smallest absolute Gasteiger partial charge is 0.249 e. The van der Waals surface area contributed by atoms with E-state index in [1.54, 1.807) is 17.4 Å². The maximum absolute atomic E-state index is 11.9. The summed E-state index contributed by atoms with van der Waals surface area (Å²) < 4.78 is 1.81. The van der Waals surface area contributed by atoms with Crippen LogP contribution in [0.3, 0.4) is 0 Å². The van der Waals surface area contributed by atoms with Crippen molar-refractivity contribution >= 4 is 29.1 Å². The third-order valence-corrected chi connectivity index (χ3v) is 3.38. The van der Waals surface area contributed by atoms with Crippen molar-refractivity contribution in [2.45, 2.75) is 26.8 Å². The Morgan fingerprint density at radius 1 is 1.53 bits per heavy atom. The van der Waals surface area contributed by atoms with Gasteiger partial charge in [0.05, 0.1) is 5.69 Å². The fraction of sp³-hybridized carbons (Fsp3) is 0.286. The Kier molecular flexibility index (Phi) is 4.16. The molecule has 0 aromatic carbocycles. The summed E-state index contributed by atoms with van der Waals surface area (Å²) in [6.45, 7) is 5.98. The van der Waals surface area contributed by atoms with E-state index in [-0.39, 0.29) is 11.9 Å². The fourth-order valence-electron chi connectivity index (χ4n) is 1.72. The number of thiophene rings is 1. The van der Waals surface area contributed by atoms with Crippen molar-refractivity contribution in [1.82, 2.24) is 9.78 Å². The maximum Gasteiger partial charge on any atom is 0.249 e. The van der Waals surface area contributed by atoms with Crippen LogP contribution in [0.25, 0.3) is 6.08 Å². The van der Waals surface area contributed by atoms with Crippen LogP contribution in [0.15, 0.2) is 29.7 Å². The van der Waals surface area contributed by atoms with E-state index in [4.69, 9.17) is 0 Å². The van der Waals surface area contributed by atoms with Crippen molar-refractivity contribution in [3.05, 3.63) is 40.2 Å². The number of nitrogens with one attached hydrogen (secondary N) is 1. The number of aryl methyl sites for hydroxylation is 1. The first-order valence-electron chi connectivity index (χ1n) is 6.15. The van der Waals surface area contributed by atoms with Crippen LogP contribution in [0.5, 0.6) is 0 Å². The molecule has 5 heteroatoms. The van der Waals surface area contributed by atoms with Crippen molar-refractivity contribution < 1.29 is 4.79 Å². The molecule has 0 radical (unpaired) electrons. The Bertz CT molecular complexity index is 582. The molecule has 0 atom stereocenters. The van der Waals surface area contributed by atoms with Crippen LogP contribution in [0.1, 0.15) is 30.5 Å². The fourth-order valence-corrected chi connectivity index (χ4v) is 2.33. The zero-order chi connectivity index (χ0) is 13.8. The van der Waals surface area contributed by atoms with E-state index < -0.39 is 0 Å². The summed E-state index contributed by atoms with van der Waals surface area (Å²) in [6.07, 6.45) is 3.35. The second-order valence-electron chi connectivity index (χ2n) is 4.55. The van der Waals surface area contributed by atoms with Crippen LogP contribution in [0, 0.1) is 6.92 Å². The topological polar surface area (TPSA) is 46.9 Å². The molecule has 2 aromatic rings. The monoisotopic (exact) mass is 275 g/mol. The van der Waals surface area contributed by atoms with Gasteiger partial charge in [-0.05, 0) is 38.3 Å². The Hall–Kier alpha value is -1.88. The molecule has 0 saturated carbocycles. The van der Waals surface area contributed by atoms with Gasteiger partial charge in [-0.15, -0.1) is 11.3 Å². The number of carbonyl (C=O) groups excluding carboxylic acids is 1. The van der Waals surface area contributed by atoms with E-state index >= 15 is 0 Å². The van der Waals surface area contributed by atoms with E-state index in [2.05, 4.69) is 10.4 Å². The van der Waals surface area contributed by atoms with E-state index in [9.17, 15) is 4.79 Å². The van der Waals surface area contributed by atoms with E-state index in [1.165, 1.54) is 0 Å². The molecule has 0 aliphatic carbocycles. The molecule has 2 heterocycles. The minimum absolute atomic E-state index is 0.143. The van der Waals surface area contributed by atoms with Crippen LogP contribution >= 0.6 is 11.3 Å². The summed E-state index contributed by atoms with van der Waals surface area (Å²) in [5.41, 5.74) is 0.895. The van der Waals surface area contributed by atoms with Crippen LogP contribution in [-0.4, -0.2) is 15.7 Å². The number of hydrogen-bond acceptors (Lipinski definition) is 3. The quantitative estimate of drug-likeness (QED) is 0.868. The van der Waals surface area contributed by atoms with Gasteiger partial charge in [0.25, 0.3) is 0 Å². The molecule has 0 aliphatic heterocycles.